The van der Waals surface area contributed by atoms with E-state index in [-0.39, 0.29) is 19.0 Å². The average Bonchev–Trinajstić information content (AvgIpc) is 2.24. The summed E-state index contributed by atoms with van der Waals surface area (Å²) in [5.74, 6) is 0.629. The van der Waals surface area contributed by atoms with Gasteiger partial charge in [0.15, 0.2) is 0 Å². The van der Waals surface area contributed by atoms with E-state index in [2.05, 4.69) is 12.2 Å². The molecule has 1 rings (SSSR count). The third kappa shape index (κ3) is 5.79. The van der Waals surface area contributed by atoms with Gasteiger partial charge in [0.1, 0.15) is 0 Å². The van der Waals surface area contributed by atoms with Crippen LogP contribution in [0, 0.1) is 5.92 Å². The predicted octanol–water partition coefficient (Wildman–Crippen LogP) is 2.77. The fraction of sp³-hybridized carbons (Fsp3) is 0.909. The fourth-order valence-electron chi connectivity index (χ4n) is 1.81. The molecule has 0 radical (unpaired) electrons. The second-order valence-corrected chi connectivity index (χ2v) is 4.62. The second kappa shape index (κ2) is 6.12. The topological polar surface area (TPSA) is 32.3 Å². The van der Waals surface area contributed by atoms with E-state index in [1.165, 1.54) is 0 Å². The lowest BCUT2D eigenvalue weighted by atomic mass is 10.00. The van der Waals surface area contributed by atoms with Crippen LogP contribution < -0.4 is 5.32 Å². The molecule has 0 saturated carbocycles. The molecule has 0 atom stereocenters. The highest BCUT2D eigenvalue weighted by atomic mass is 19.4. The highest BCUT2D eigenvalue weighted by Crippen LogP contribution is 2.20. The van der Waals surface area contributed by atoms with Crippen LogP contribution in [0.3, 0.4) is 0 Å². The zero-order chi connectivity index (χ0) is 12.9. The number of nitrogens with one attached hydrogen (secondary N) is 1. The number of nitrogens with zero attached hydrogens (tertiary/aromatic N) is 1. The van der Waals surface area contributed by atoms with Crippen LogP contribution in [0.25, 0.3) is 0 Å². The van der Waals surface area contributed by atoms with Crippen molar-refractivity contribution < 1.29 is 18.0 Å². The fourth-order valence-corrected chi connectivity index (χ4v) is 1.81. The van der Waals surface area contributed by atoms with Crippen LogP contribution in [0.1, 0.15) is 32.6 Å². The number of carbonyl (C=O) groups excluding carboxylic acids is 1. The van der Waals surface area contributed by atoms with Gasteiger partial charge in [-0.25, -0.2) is 4.79 Å². The van der Waals surface area contributed by atoms with Gasteiger partial charge in [0.2, 0.25) is 0 Å². The van der Waals surface area contributed by atoms with Crippen molar-refractivity contribution in [2.24, 2.45) is 5.92 Å². The summed E-state index contributed by atoms with van der Waals surface area (Å²) >= 11 is 0. The molecule has 2 amide bonds. The number of halogens is 3. The Balaban J connectivity index is 2.13. The van der Waals surface area contributed by atoms with Crippen molar-refractivity contribution in [3.63, 3.8) is 0 Å². The van der Waals surface area contributed by atoms with Crippen molar-refractivity contribution in [3.8, 4) is 0 Å². The van der Waals surface area contributed by atoms with E-state index in [1.54, 1.807) is 4.90 Å². The van der Waals surface area contributed by atoms with E-state index in [0.717, 1.165) is 12.8 Å². The van der Waals surface area contributed by atoms with Crippen LogP contribution in [0.15, 0.2) is 0 Å². The Morgan fingerprint density at radius 1 is 1.35 bits per heavy atom. The molecule has 0 aromatic carbocycles. The molecule has 1 heterocycles. The van der Waals surface area contributed by atoms with E-state index in [4.69, 9.17) is 0 Å². The van der Waals surface area contributed by atoms with Gasteiger partial charge < -0.3 is 10.2 Å². The average molecular weight is 252 g/mol. The van der Waals surface area contributed by atoms with Gasteiger partial charge in [0, 0.05) is 26.1 Å². The summed E-state index contributed by atoms with van der Waals surface area (Å²) in [5.41, 5.74) is 0. The number of amides is 2. The van der Waals surface area contributed by atoms with E-state index in [0.29, 0.717) is 19.0 Å². The zero-order valence-electron chi connectivity index (χ0n) is 10.0. The molecular formula is C11H19F3N2O. The summed E-state index contributed by atoms with van der Waals surface area (Å²) in [4.78, 5) is 13.2. The van der Waals surface area contributed by atoms with Gasteiger partial charge in [0.05, 0.1) is 0 Å². The first-order valence-corrected chi connectivity index (χ1v) is 5.98. The van der Waals surface area contributed by atoms with Crippen molar-refractivity contribution in [2.45, 2.75) is 38.8 Å². The minimum absolute atomic E-state index is 0.0561. The van der Waals surface area contributed by atoms with Crippen LogP contribution >= 0.6 is 0 Å². The monoisotopic (exact) mass is 252 g/mol. The second-order valence-electron chi connectivity index (χ2n) is 4.62. The lowest BCUT2D eigenvalue weighted by Crippen LogP contribution is -2.44. The predicted molar refractivity (Wildman–Crippen MR) is 58.7 cm³/mol. The number of hydrogen-bond donors (Lipinski definition) is 1. The van der Waals surface area contributed by atoms with Gasteiger partial charge in [-0.2, -0.15) is 13.2 Å². The van der Waals surface area contributed by atoms with Crippen LogP contribution in [0.2, 0.25) is 0 Å². The molecule has 0 aliphatic carbocycles. The Bertz CT molecular complexity index is 248. The molecule has 100 valence electrons. The molecular weight excluding hydrogens is 233 g/mol. The first kappa shape index (κ1) is 14.1. The Morgan fingerprint density at radius 3 is 2.47 bits per heavy atom. The van der Waals surface area contributed by atoms with E-state index < -0.39 is 12.6 Å². The van der Waals surface area contributed by atoms with Gasteiger partial charge in [0.25, 0.3) is 0 Å². The van der Waals surface area contributed by atoms with Crippen molar-refractivity contribution in [3.05, 3.63) is 0 Å². The van der Waals surface area contributed by atoms with Crippen molar-refractivity contribution in [2.75, 3.05) is 19.6 Å². The molecule has 0 unspecified atom stereocenters. The molecule has 3 nitrogen and oxygen atoms in total. The number of piperidine rings is 1. The normalized spacial score (nSPS) is 18.2. The number of likely N-dealkylation sites (tertiary alicyclic amines) is 1. The standard InChI is InChI=1S/C11H19F3N2O/c1-9-3-7-16(8-4-9)10(17)15-6-2-5-11(12,13)14/h9H,2-8H2,1H3,(H,15,17). The lowest BCUT2D eigenvalue weighted by molar-refractivity contribution is -0.135. The highest BCUT2D eigenvalue weighted by Gasteiger charge is 2.26. The largest absolute Gasteiger partial charge is 0.389 e. The maximum Gasteiger partial charge on any atom is 0.389 e. The van der Waals surface area contributed by atoms with Crippen LogP contribution in [0.4, 0.5) is 18.0 Å². The minimum atomic E-state index is -4.13. The Labute approximate surface area is 99.4 Å². The molecule has 0 aromatic heterocycles. The number of urea groups is 1. The summed E-state index contributed by atoms with van der Waals surface area (Å²) in [5, 5.41) is 2.53. The summed E-state index contributed by atoms with van der Waals surface area (Å²) in [6.45, 7) is 3.63. The Hall–Kier alpha value is -0.940. The number of carbonyl (C=O) groups is 1. The summed E-state index contributed by atoms with van der Waals surface area (Å²) in [7, 11) is 0. The zero-order valence-corrected chi connectivity index (χ0v) is 10.0. The molecule has 0 aromatic rings. The Morgan fingerprint density at radius 2 is 1.94 bits per heavy atom. The van der Waals surface area contributed by atoms with Crippen molar-refractivity contribution in [1.82, 2.24) is 10.2 Å². The summed E-state index contributed by atoms with van der Waals surface area (Å²) < 4.78 is 35.6. The highest BCUT2D eigenvalue weighted by molar-refractivity contribution is 5.74. The first-order valence-electron chi connectivity index (χ1n) is 5.98. The van der Waals surface area contributed by atoms with E-state index >= 15 is 0 Å². The maximum absolute atomic E-state index is 11.9. The molecule has 1 N–H and O–H groups in total. The Kier molecular flexibility index (Phi) is 5.08. The van der Waals surface area contributed by atoms with Gasteiger partial charge in [-0.1, -0.05) is 6.92 Å². The maximum atomic E-state index is 11.9. The number of hydrogen-bond acceptors (Lipinski definition) is 1. The van der Waals surface area contributed by atoms with Gasteiger partial charge in [-0.05, 0) is 25.2 Å². The molecule has 1 saturated heterocycles. The molecule has 17 heavy (non-hydrogen) atoms. The molecule has 0 spiro atoms. The molecule has 1 aliphatic rings. The van der Waals surface area contributed by atoms with Crippen molar-refractivity contribution >= 4 is 6.03 Å². The lowest BCUT2D eigenvalue weighted by Gasteiger charge is -2.30. The molecule has 0 bridgehead atoms. The quantitative estimate of drug-likeness (QED) is 0.770. The summed E-state index contributed by atoms with van der Waals surface area (Å²) in [6, 6.07) is -0.237. The van der Waals surface area contributed by atoms with Crippen LogP contribution in [-0.2, 0) is 0 Å². The third-order valence-electron chi connectivity index (χ3n) is 2.98. The van der Waals surface area contributed by atoms with E-state index in [1.807, 2.05) is 0 Å². The minimum Gasteiger partial charge on any atom is -0.338 e. The van der Waals surface area contributed by atoms with Gasteiger partial charge in [-0.15, -0.1) is 0 Å². The number of alkyl halides is 3. The van der Waals surface area contributed by atoms with Gasteiger partial charge in [-0.3, -0.25) is 0 Å². The van der Waals surface area contributed by atoms with Gasteiger partial charge >= 0.3 is 12.2 Å². The third-order valence-corrected chi connectivity index (χ3v) is 2.98. The molecule has 1 aliphatic heterocycles. The first-order chi connectivity index (χ1) is 7.88. The smallest absolute Gasteiger partial charge is 0.338 e. The van der Waals surface area contributed by atoms with Crippen LogP contribution in [-0.4, -0.2) is 36.7 Å². The molecule has 6 heteroatoms. The summed E-state index contributed by atoms with van der Waals surface area (Å²) in [6.07, 6.45) is -3.10. The SMILES string of the molecule is CC1CCN(C(=O)NCCCC(F)(F)F)CC1. The number of rotatable bonds is 3. The van der Waals surface area contributed by atoms with Crippen molar-refractivity contribution in [1.29, 1.82) is 0 Å². The van der Waals surface area contributed by atoms with E-state index in [9.17, 15) is 18.0 Å². The molecule has 1 fully saturated rings. The van der Waals surface area contributed by atoms with Crippen LogP contribution in [0.5, 0.6) is 0 Å².